The average Bonchev–Trinajstić information content (AvgIpc) is 3.03. The fraction of sp³-hybridized carbons (Fsp3) is 0.524. The van der Waals surface area contributed by atoms with Gasteiger partial charge in [-0.15, -0.1) is 0 Å². The largest absolute Gasteiger partial charge is 0.487 e. The number of nitrogens with one attached hydrogen (secondary N) is 1. The zero-order valence-corrected chi connectivity index (χ0v) is 15.6. The van der Waals surface area contributed by atoms with Crippen LogP contribution in [-0.2, 0) is 6.54 Å². The van der Waals surface area contributed by atoms with E-state index in [1.807, 2.05) is 38.1 Å². The first-order chi connectivity index (χ1) is 12.6. The van der Waals surface area contributed by atoms with Crippen LogP contribution < -0.4 is 10.1 Å². The number of amides is 1. The third-order valence-corrected chi connectivity index (χ3v) is 5.70. The molecule has 1 unspecified atom stereocenters. The summed E-state index contributed by atoms with van der Waals surface area (Å²) < 4.78 is 8.23. The van der Waals surface area contributed by atoms with E-state index in [0.717, 1.165) is 36.3 Å². The van der Waals surface area contributed by atoms with Crippen LogP contribution in [0.25, 0.3) is 0 Å². The fourth-order valence-electron chi connectivity index (χ4n) is 4.45. The van der Waals surface area contributed by atoms with Crippen molar-refractivity contribution in [3.05, 3.63) is 47.3 Å². The number of aryl methyl sites for hydroxylation is 2. The number of benzene rings is 1. The highest BCUT2D eigenvalue weighted by Gasteiger charge is 2.42. The first-order valence-corrected chi connectivity index (χ1v) is 9.73. The van der Waals surface area contributed by atoms with E-state index in [2.05, 4.69) is 16.5 Å². The molecule has 2 aliphatic rings. The number of carbonyl (C=O) groups excluding carboxylic acids is 1. The highest BCUT2D eigenvalue weighted by atomic mass is 16.5. The Bertz CT molecular complexity index is 805. The average molecular weight is 353 g/mol. The number of carbonyl (C=O) groups is 1. The van der Waals surface area contributed by atoms with Gasteiger partial charge in [-0.3, -0.25) is 9.48 Å². The minimum Gasteiger partial charge on any atom is -0.487 e. The highest BCUT2D eigenvalue weighted by molar-refractivity contribution is 5.93. The SMILES string of the molecule is CCn1nc(C)cc1C(=O)NC1CC2(CCCCC2)Oc2ccccc21. The molecule has 1 atom stereocenters. The maximum absolute atomic E-state index is 13.0. The van der Waals surface area contributed by atoms with E-state index in [-0.39, 0.29) is 17.6 Å². The van der Waals surface area contributed by atoms with E-state index in [4.69, 9.17) is 4.74 Å². The zero-order chi connectivity index (χ0) is 18.1. The summed E-state index contributed by atoms with van der Waals surface area (Å²) in [6.07, 6.45) is 6.66. The molecule has 5 heteroatoms. The first kappa shape index (κ1) is 17.1. The van der Waals surface area contributed by atoms with Crippen molar-refractivity contribution in [1.29, 1.82) is 0 Å². The molecule has 138 valence electrons. The van der Waals surface area contributed by atoms with Gasteiger partial charge in [-0.2, -0.15) is 5.10 Å². The van der Waals surface area contributed by atoms with Crippen LogP contribution in [0.1, 0.15) is 73.2 Å². The number of nitrogens with zero attached hydrogens (tertiary/aromatic N) is 2. The summed E-state index contributed by atoms with van der Waals surface area (Å²) in [5.74, 6) is 0.867. The first-order valence-electron chi connectivity index (χ1n) is 9.73. The topological polar surface area (TPSA) is 56.2 Å². The third-order valence-electron chi connectivity index (χ3n) is 5.70. The molecule has 1 aliphatic heterocycles. The van der Waals surface area contributed by atoms with Crippen molar-refractivity contribution in [3.8, 4) is 5.75 Å². The monoisotopic (exact) mass is 353 g/mol. The molecule has 0 saturated heterocycles. The summed E-state index contributed by atoms with van der Waals surface area (Å²) in [7, 11) is 0. The Hall–Kier alpha value is -2.30. The van der Waals surface area contributed by atoms with Crippen LogP contribution in [0.3, 0.4) is 0 Å². The predicted octanol–water partition coefficient (Wildman–Crippen LogP) is 4.17. The highest BCUT2D eigenvalue weighted by Crippen LogP contribution is 2.46. The number of para-hydroxylation sites is 1. The molecule has 26 heavy (non-hydrogen) atoms. The van der Waals surface area contributed by atoms with Gasteiger partial charge in [0.1, 0.15) is 17.0 Å². The summed E-state index contributed by atoms with van der Waals surface area (Å²) in [6, 6.07) is 9.96. The van der Waals surface area contributed by atoms with Gasteiger partial charge >= 0.3 is 0 Å². The van der Waals surface area contributed by atoms with Gasteiger partial charge in [0, 0.05) is 18.5 Å². The van der Waals surface area contributed by atoms with Gasteiger partial charge in [-0.25, -0.2) is 0 Å². The molecule has 1 saturated carbocycles. The van der Waals surface area contributed by atoms with Gasteiger partial charge in [-0.1, -0.05) is 24.6 Å². The third kappa shape index (κ3) is 3.11. The van der Waals surface area contributed by atoms with Crippen LogP contribution in [0.15, 0.2) is 30.3 Å². The lowest BCUT2D eigenvalue weighted by atomic mass is 9.77. The van der Waals surface area contributed by atoms with Crippen LogP contribution in [0.4, 0.5) is 0 Å². The van der Waals surface area contributed by atoms with Crippen molar-refractivity contribution in [3.63, 3.8) is 0 Å². The Morgan fingerprint density at radius 3 is 2.85 bits per heavy atom. The van der Waals surface area contributed by atoms with Crippen molar-refractivity contribution in [2.75, 3.05) is 0 Å². The van der Waals surface area contributed by atoms with E-state index in [0.29, 0.717) is 12.2 Å². The lowest BCUT2D eigenvalue weighted by molar-refractivity contribution is -0.00214. The van der Waals surface area contributed by atoms with Gasteiger partial charge in [0.05, 0.1) is 11.7 Å². The second-order valence-corrected chi connectivity index (χ2v) is 7.60. The predicted molar refractivity (Wildman–Crippen MR) is 100 cm³/mol. The number of ether oxygens (including phenoxy) is 1. The van der Waals surface area contributed by atoms with E-state index < -0.39 is 0 Å². The van der Waals surface area contributed by atoms with Crippen molar-refractivity contribution in [1.82, 2.24) is 15.1 Å². The van der Waals surface area contributed by atoms with Gasteiger partial charge in [0.25, 0.3) is 5.91 Å². The molecule has 1 spiro atoms. The minimum atomic E-state index is -0.133. The van der Waals surface area contributed by atoms with Crippen LogP contribution >= 0.6 is 0 Å². The number of fused-ring (bicyclic) bond motifs is 1. The molecular formula is C21H27N3O2. The molecule has 1 aliphatic carbocycles. The van der Waals surface area contributed by atoms with Crippen molar-refractivity contribution < 1.29 is 9.53 Å². The van der Waals surface area contributed by atoms with E-state index >= 15 is 0 Å². The summed E-state index contributed by atoms with van der Waals surface area (Å²) in [5.41, 5.74) is 2.45. The van der Waals surface area contributed by atoms with Gasteiger partial charge in [-0.05, 0) is 51.7 Å². The summed E-state index contributed by atoms with van der Waals surface area (Å²) in [6.45, 7) is 4.61. The van der Waals surface area contributed by atoms with E-state index in [1.165, 1.54) is 19.3 Å². The number of hydrogen-bond donors (Lipinski definition) is 1. The van der Waals surface area contributed by atoms with E-state index in [1.54, 1.807) is 4.68 Å². The number of aromatic nitrogens is 2. The quantitative estimate of drug-likeness (QED) is 0.901. The second-order valence-electron chi connectivity index (χ2n) is 7.60. The van der Waals surface area contributed by atoms with Crippen molar-refractivity contribution in [2.45, 2.75) is 70.6 Å². The van der Waals surface area contributed by atoms with Crippen LogP contribution in [0.5, 0.6) is 5.75 Å². The Labute approximate surface area is 154 Å². The normalized spacial score (nSPS) is 21.1. The van der Waals surface area contributed by atoms with E-state index in [9.17, 15) is 4.79 Å². The Kier molecular flexibility index (Phi) is 4.47. The maximum Gasteiger partial charge on any atom is 0.270 e. The molecule has 5 nitrogen and oxygen atoms in total. The summed E-state index contributed by atoms with van der Waals surface area (Å²) in [5, 5.41) is 7.67. The molecule has 2 heterocycles. The van der Waals surface area contributed by atoms with Crippen LogP contribution in [-0.4, -0.2) is 21.3 Å². The molecule has 1 N–H and O–H groups in total. The smallest absolute Gasteiger partial charge is 0.270 e. The van der Waals surface area contributed by atoms with Crippen molar-refractivity contribution >= 4 is 5.91 Å². The molecule has 1 amide bonds. The van der Waals surface area contributed by atoms with Crippen LogP contribution in [0, 0.1) is 6.92 Å². The standard InChI is InChI=1S/C21H27N3O2/c1-3-24-18(13-15(2)23-24)20(25)22-17-14-21(11-7-4-8-12-21)26-19-10-6-5-9-16(17)19/h5-6,9-10,13,17H,3-4,7-8,11-12,14H2,1-2H3,(H,22,25). The van der Waals surface area contributed by atoms with Gasteiger partial charge in [0.15, 0.2) is 0 Å². The van der Waals surface area contributed by atoms with Gasteiger partial charge < -0.3 is 10.1 Å². The molecule has 1 aromatic carbocycles. The molecule has 2 aromatic rings. The molecule has 1 fully saturated rings. The Morgan fingerprint density at radius 2 is 2.08 bits per heavy atom. The maximum atomic E-state index is 13.0. The number of hydrogen-bond acceptors (Lipinski definition) is 3. The molecule has 0 radical (unpaired) electrons. The Balaban J connectivity index is 1.62. The lowest BCUT2D eigenvalue weighted by Gasteiger charge is -2.44. The fourth-order valence-corrected chi connectivity index (χ4v) is 4.45. The molecular weight excluding hydrogens is 326 g/mol. The zero-order valence-electron chi connectivity index (χ0n) is 15.6. The molecule has 1 aromatic heterocycles. The van der Waals surface area contributed by atoms with Crippen LogP contribution in [0.2, 0.25) is 0 Å². The minimum absolute atomic E-state index is 0.0222. The molecule has 4 rings (SSSR count). The number of rotatable bonds is 3. The van der Waals surface area contributed by atoms with Crippen molar-refractivity contribution in [2.24, 2.45) is 0 Å². The summed E-state index contributed by atoms with van der Waals surface area (Å²) >= 11 is 0. The summed E-state index contributed by atoms with van der Waals surface area (Å²) in [4.78, 5) is 13.0. The second kappa shape index (κ2) is 6.78. The molecule has 0 bridgehead atoms. The van der Waals surface area contributed by atoms with Gasteiger partial charge in [0.2, 0.25) is 0 Å². The Morgan fingerprint density at radius 1 is 1.31 bits per heavy atom. The lowest BCUT2D eigenvalue weighted by Crippen LogP contribution is -2.46.